The zero-order valence-corrected chi connectivity index (χ0v) is 25.2. The number of hydrogen-bond donors (Lipinski definition) is 2. The third kappa shape index (κ3) is 10.1. The van der Waals surface area contributed by atoms with Crippen molar-refractivity contribution in [2.75, 3.05) is 6.54 Å². The Balaban J connectivity index is 2.02. The predicted molar refractivity (Wildman–Crippen MR) is 164 cm³/mol. The fourth-order valence-electron chi connectivity index (χ4n) is 5.25. The Morgan fingerprint density at radius 1 is 1.05 bits per heavy atom. The molecule has 2 unspecified atom stereocenters. The van der Waals surface area contributed by atoms with Crippen molar-refractivity contribution in [2.24, 2.45) is 0 Å². The van der Waals surface area contributed by atoms with Crippen LogP contribution in [0.5, 0.6) is 0 Å². The second-order valence-corrected chi connectivity index (χ2v) is 11.9. The van der Waals surface area contributed by atoms with Crippen LogP contribution in [0.4, 0.5) is 4.79 Å². The van der Waals surface area contributed by atoms with E-state index < -0.39 is 23.8 Å². The Kier molecular flexibility index (Phi) is 12.0. The third-order valence-corrected chi connectivity index (χ3v) is 7.28. The second kappa shape index (κ2) is 15.4. The molecule has 1 aliphatic rings. The largest absolute Gasteiger partial charge is 0.444 e. The van der Waals surface area contributed by atoms with Gasteiger partial charge in [0.1, 0.15) is 17.7 Å². The van der Waals surface area contributed by atoms with Gasteiger partial charge in [-0.1, -0.05) is 93.8 Å². The maximum atomic E-state index is 14.5. The van der Waals surface area contributed by atoms with Crippen LogP contribution in [0.1, 0.15) is 95.4 Å². The van der Waals surface area contributed by atoms with Crippen molar-refractivity contribution in [3.05, 3.63) is 77.9 Å². The fraction of sp³-hybridized carbons (Fsp3) is 0.500. The minimum Gasteiger partial charge on any atom is -0.444 e. The maximum Gasteiger partial charge on any atom is 0.408 e. The average Bonchev–Trinajstić information content (AvgIpc) is 2.94. The van der Waals surface area contributed by atoms with Crippen molar-refractivity contribution in [1.82, 2.24) is 15.5 Å². The van der Waals surface area contributed by atoms with E-state index in [0.29, 0.717) is 13.0 Å². The Morgan fingerprint density at radius 2 is 1.76 bits per heavy atom. The van der Waals surface area contributed by atoms with Crippen LogP contribution in [0, 0.1) is 0 Å². The Morgan fingerprint density at radius 3 is 2.39 bits per heavy atom. The molecule has 2 N–H and O–H groups in total. The number of amides is 3. The van der Waals surface area contributed by atoms with E-state index in [0.717, 1.165) is 48.8 Å². The minimum absolute atomic E-state index is 0.0875. The minimum atomic E-state index is -0.920. The lowest BCUT2D eigenvalue weighted by atomic mass is 9.94. The van der Waals surface area contributed by atoms with E-state index in [1.165, 1.54) is 6.42 Å². The van der Waals surface area contributed by atoms with Gasteiger partial charge in [-0.25, -0.2) is 4.79 Å². The predicted octanol–water partition coefficient (Wildman–Crippen LogP) is 6.58. The van der Waals surface area contributed by atoms with Crippen LogP contribution in [0.3, 0.4) is 0 Å². The molecule has 222 valence electrons. The molecule has 0 bridgehead atoms. The summed E-state index contributed by atoms with van der Waals surface area (Å²) >= 11 is 0. The Bertz CT molecular complexity index is 1150. The third-order valence-electron chi connectivity index (χ3n) is 7.28. The molecular weight excluding hydrogens is 514 g/mol. The number of nitrogens with zero attached hydrogens (tertiary/aromatic N) is 1. The second-order valence-electron chi connectivity index (χ2n) is 11.9. The average molecular weight is 562 g/mol. The summed E-state index contributed by atoms with van der Waals surface area (Å²) in [6.07, 6.45) is 8.11. The van der Waals surface area contributed by atoms with Gasteiger partial charge >= 0.3 is 6.09 Å². The van der Waals surface area contributed by atoms with E-state index in [-0.39, 0.29) is 24.3 Å². The molecule has 0 saturated heterocycles. The molecule has 0 radical (unpaired) electrons. The maximum absolute atomic E-state index is 14.5. The van der Waals surface area contributed by atoms with Crippen molar-refractivity contribution in [3.63, 3.8) is 0 Å². The highest BCUT2D eigenvalue weighted by Gasteiger charge is 2.37. The van der Waals surface area contributed by atoms with Crippen LogP contribution >= 0.6 is 0 Å². The van der Waals surface area contributed by atoms with Crippen LogP contribution in [-0.4, -0.2) is 47.0 Å². The molecule has 2 atom stereocenters. The molecule has 0 spiro atoms. The van der Waals surface area contributed by atoms with Crippen molar-refractivity contribution in [2.45, 2.75) is 103 Å². The van der Waals surface area contributed by atoms with E-state index in [9.17, 15) is 14.4 Å². The lowest BCUT2D eigenvalue weighted by molar-refractivity contribution is -0.143. The van der Waals surface area contributed by atoms with Crippen LogP contribution in [0.25, 0.3) is 6.08 Å². The first-order valence-electron chi connectivity index (χ1n) is 15.0. The van der Waals surface area contributed by atoms with E-state index in [1.807, 2.05) is 54.6 Å². The first kappa shape index (κ1) is 31.9. The van der Waals surface area contributed by atoms with Crippen LogP contribution in [0.15, 0.2) is 61.2 Å². The summed E-state index contributed by atoms with van der Waals surface area (Å²) in [6.45, 7) is 11.7. The van der Waals surface area contributed by atoms with E-state index in [4.69, 9.17) is 4.74 Å². The van der Waals surface area contributed by atoms with Gasteiger partial charge in [-0.2, -0.15) is 0 Å². The quantitative estimate of drug-likeness (QED) is 0.306. The summed E-state index contributed by atoms with van der Waals surface area (Å²) in [5, 5.41) is 6.08. The SMILES string of the molecule is C=Cc1cccc(C(C(=O)NC2CCCCC2)N(CCCC)C(=O)C(Cc2ccccc2)NC(=O)OC(C)(C)C)c1. The van der Waals surface area contributed by atoms with Gasteiger partial charge in [0.25, 0.3) is 0 Å². The van der Waals surface area contributed by atoms with Crippen LogP contribution in [0.2, 0.25) is 0 Å². The molecular formula is C34H47N3O4. The normalized spacial score (nSPS) is 15.3. The molecule has 41 heavy (non-hydrogen) atoms. The molecule has 7 nitrogen and oxygen atoms in total. The van der Waals surface area contributed by atoms with Gasteiger partial charge in [0, 0.05) is 19.0 Å². The highest BCUT2D eigenvalue weighted by atomic mass is 16.6. The molecule has 2 aromatic rings. The van der Waals surface area contributed by atoms with Gasteiger partial charge in [-0.3, -0.25) is 9.59 Å². The van der Waals surface area contributed by atoms with Crippen molar-refractivity contribution in [1.29, 1.82) is 0 Å². The van der Waals surface area contributed by atoms with Gasteiger partial charge in [0.2, 0.25) is 11.8 Å². The van der Waals surface area contributed by atoms with Gasteiger partial charge in [-0.05, 0) is 62.8 Å². The number of ether oxygens (including phenoxy) is 1. The van der Waals surface area contributed by atoms with E-state index in [2.05, 4.69) is 24.1 Å². The summed E-state index contributed by atoms with van der Waals surface area (Å²) in [7, 11) is 0. The molecule has 0 heterocycles. The Hall–Kier alpha value is -3.61. The number of carbonyl (C=O) groups is 3. The van der Waals surface area contributed by atoms with Crippen LogP contribution in [-0.2, 0) is 20.7 Å². The molecule has 1 fully saturated rings. The summed E-state index contributed by atoms with van der Waals surface area (Å²) in [5.74, 6) is -0.515. The van der Waals surface area contributed by atoms with Gasteiger partial charge < -0.3 is 20.3 Å². The molecule has 2 aromatic carbocycles. The van der Waals surface area contributed by atoms with Crippen molar-refractivity contribution in [3.8, 4) is 0 Å². The first-order chi connectivity index (χ1) is 19.6. The zero-order valence-electron chi connectivity index (χ0n) is 25.2. The molecule has 1 saturated carbocycles. The molecule has 0 aromatic heterocycles. The molecule has 0 aliphatic heterocycles. The van der Waals surface area contributed by atoms with Crippen LogP contribution < -0.4 is 10.6 Å². The summed E-state index contributed by atoms with van der Waals surface area (Å²) in [4.78, 5) is 43.1. The number of benzene rings is 2. The molecule has 3 amide bonds. The number of alkyl carbamates (subject to hydrolysis) is 1. The summed E-state index contributed by atoms with van der Waals surface area (Å²) in [6, 6.07) is 15.5. The van der Waals surface area contributed by atoms with Crippen molar-refractivity contribution < 1.29 is 19.1 Å². The topological polar surface area (TPSA) is 87.7 Å². The lowest BCUT2D eigenvalue weighted by Gasteiger charge is -2.36. The summed E-state index contributed by atoms with van der Waals surface area (Å²) < 4.78 is 5.53. The van der Waals surface area contributed by atoms with Gasteiger partial charge in [-0.15, -0.1) is 0 Å². The number of rotatable bonds is 12. The van der Waals surface area contributed by atoms with Crippen molar-refractivity contribution >= 4 is 24.0 Å². The highest BCUT2D eigenvalue weighted by Crippen LogP contribution is 2.27. The number of unbranched alkanes of at least 4 members (excludes halogenated alkanes) is 1. The zero-order chi connectivity index (χ0) is 29.8. The lowest BCUT2D eigenvalue weighted by Crippen LogP contribution is -2.54. The Labute approximate surface area is 245 Å². The summed E-state index contributed by atoms with van der Waals surface area (Å²) in [5.41, 5.74) is 1.76. The molecule has 3 rings (SSSR count). The monoisotopic (exact) mass is 561 g/mol. The number of hydrogen-bond acceptors (Lipinski definition) is 4. The highest BCUT2D eigenvalue weighted by molar-refractivity contribution is 5.92. The number of carbonyl (C=O) groups excluding carboxylic acids is 3. The first-order valence-corrected chi connectivity index (χ1v) is 15.0. The smallest absolute Gasteiger partial charge is 0.408 e. The van der Waals surface area contributed by atoms with E-state index in [1.54, 1.807) is 31.7 Å². The standard InChI is InChI=1S/C34H47N3O4/c1-6-8-22-37(32(39)29(24-26-16-11-9-12-17-26)36-33(40)41-34(3,4)5)30(27-19-15-18-25(7-2)23-27)31(38)35-28-20-13-10-14-21-28/h7,9,11-12,15-19,23,28-30H,2,6,8,10,13-14,20-22,24H2,1,3-5H3,(H,35,38)(H,36,40). The van der Waals surface area contributed by atoms with E-state index >= 15 is 0 Å². The van der Waals surface area contributed by atoms with Gasteiger partial charge in [0.05, 0.1) is 0 Å². The molecule has 1 aliphatic carbocycles. The molecule has 7 heteroatoms. The number of nitrogens with one attached hydrogen (secondary N) is 2. The van der Waals surface area contributed by atoms with Gasteiger partial charge in [0.15, 0.2) is 0 Å². The fourth-order valence-corrected chi connectivity index (χ4v) is 5.25.